The predicted octanol–water partition coefficient (Wildman–Crippen LogP) is 3.08. The van der Waals surface area contributed by atoms with Gasteiger partial charge in [0.05, 0.1) is 0 Å². The number of carbonyl (C=O) groups excluding carboxylic acids is 1. The second-order valence-electron chi connectivity index (χ2n) is 5.66. The molecule has 0 bridgehead atoms. The zero-order valence-corrected chi connectivity index (χ0v) is 14.8. The van der Waals surface area contributed by atoms with E-state index in [4.69, 9.17) is 5.84 Å². The lowest BCUT2D eigenvalue weighted by Gasteiger charge is -2.16. The van der Waals surface area contributed by atoms with Crippen LogP contribution in [-0.4, -0.2) is 20.8 Å². The third-order valence-corrected chi connectivity index (χ3v) is 4.93. The number of rotatable bonds is 5. The van der Waals surface area contributed by atoms with E-state index in [2.05, 4.69) is 15.5 Å². The van der Waals surface area contributed by atoms with Gasteiger partial charge in [0, 0.05) is 5.69 Å². The number of nitrogens with zero attached hydrogens (tertiary/aromatic N) is 3. The molecule has 3 rings (SSSR count). The van der Waals surface area contributed by atoms with Gasteiger partial charge in [0.2, 0.25) is 11.1 Å². The van der Waals surface area contributed by atoms with Gasteiger partial charge in [-0.25, -0.2) is 4.68 Å². The minimum Gasteiger partial charge on any atom is -0.336 e. The minimum absolute atomic E-state index is 0.138. The third kappa shape index (κ3) is 4.00. The normalized spacial score (nSPS) is 11.9. The second kappa shape index (κ2) is 7.40. The van der Waals surface area contributed by atoms with Crippen molar-refractivity contribution in [1.29, 1.82) is 0 Å². The van der Waals surface area contributed by atoms with Crippen LogP contribution in [-0.2, 0) is 4.79 Å². The number of anilines is 1. The van der Waals surface area contributed by atoms with Crippen molar-refractivity contribution in [2.75, 3.05) is 11.2 Å². The van der Waals surface area contributed by atoms with Gasteiger partial charge in [-0.2, -0.15) is 0 Å². The van der Waals surface area contributed by atoms with Crippen LogP contribution in [0, 0.1) is 13.8 Å². The van der Waals surface area contributed by atoms with E-state index in [1.807, 2.05) is 61.5 Å². The van der Waals surface area contributed by atoms with Crippen LogP contribution in [0.5, 0.6) is 0 Å². The van der Waals surface area contributed by atoms with Crippen molar-refractivity contribution in [3.8, 4) is 0 Å². The summed E-state index contributed by atoms with van der Waals surface area (Å²) < 4.78 is 1.39. The number of hydrogen-bond donors (Lipinski definition) is 2. The Kier molecular flexibility index (Phi) is 5.04. The van der Waals surface area contributed by atoms with Gasteiger partial charge in [-0.3, -0.25) is 4.79 Å². The third-order valence-electron chi connectivity index (χ3n) is 3.72. The van der Waals surface area contributed by atoms with Crippen LogP contribution >= 0.6 is 11.8 Å². The van der Waals surface area contributed by atoms with E-state index in [1.54, 1.807) is 6.92 Å². The van der Waals surface area contributed by atoms with Crippen LogP contribution in [0.3, 0.4) is 0 Å². The van der Waals surface area contributed by atoms with E-state index in [0.29, 0.717) is 11.0 Å². The van der Waals surface area contributed by atoms with Gasteiger partial charge in [0.25, 0.3) is 0 Å². The van der Waals surface area contributed by atoms with Crippen molar-refractivity contribution < 1.29 is 4.79 Å². The largest absolute Gasteiger partial charge is 0.336 e. The molecule has 3 N–H and O–H groups in total. The highest BCUT2D eigenvalue weighted by Crippen LogP contribution is 2.35. The topological polar surface area (TPSA) is 85.8 Å². The van der Waals surface area contributed by atoms with Gasteiger partial charge in [0.1, 0.15) is 11.1 Å². The molecule has 0 aliphatic carbocycles. The van der Waals surface area contributed by atoms with Gasteiger partial charge in [-0.1, -0.05) is 59.8 Å². The van der Waals surface area contributed by atoms with Crippen LogP contribution in [0.2, 0.25) is 0 Å². The van der Waals surface area contributed by atoms with E-state index >= 15 is 0 Å². The summed E-state index contributed by atoms with van der Waals surface area (Å²) in [4.78, 5) is 12.9. The van der Waals surface area contributed by atoms with Crippen LogP contribution in [0.25, 0.3) is 0 Å². The highest BCUT2D eigenvalue weighted by molar-refractivity contribution is 8.00. The first-order valence-electron chi connectivity index (χ1n) is 7.81. The van der Waals surface area contributed by atoms with Crippen molar-refractivity contribution in [3.63, 3.8) is 0 Å². The van der Waals surface area contributed by atoms with E-state index in [9.17, 15) is 4.79 Å². The first-order chi connectivity index (χ1) is 12.0. The Bertz CT molecular complexity index is 861. The summed E-state index contributed by atoms with van der Waals surface area (Å²) in [5.41, 5.74) is 2.76. The molecule has 7 heteroatoms. The van der Waals surface area contributed by atoms with Gasteiger partial charge in [-0.15, -0.1) is 10.2 Å². The Morgan fingerprint density at radius 3 is 2.36 bits per heavy atom. The van der Waals surface area contributed by atoms with E-state index in [0.717, 1.165) is 16.8 Å². The number of amides is 1. The number of nitrogens with one attached hydrogen (secondary N) is 1. The SMILES string of the molecule is Cc1ccc(NC(=O)[C@@H](Sc2nnc(C)n2N)c2ccccc2)cc1. The summed E-state index contributed by atoms with van der Waals surface area (Å²) >= 11 is 1.27. The van der Waals surface area contributed by atoms with Gasteiger partial charge < -0.3 is 11.2 Å². The Balaban J connectivity index is 1.86. The molecule has 0 spiro atoms. The van der Waals surface area contributed by atoms with Crippen molar-refractivity contribution in [2.45, 2.75) is 24.3 Å². The molecule has 6 nitrogen and oxygen atoms in total. The zero-order valence-electron chi connectivity index (χ0n) is 14.0. The molecular formula is C18H19N5OS. The lowest BCUT2D eigenvalue weighted by molar-refractivity contribution is -0.115. The van der Waals surface area contributed by atoms with Crippen molar-refractivity contribution >= 4 is 23.4 Å². The number of nitrogen functional groups attached to an aromatic ring is 1. The molecule has 0 saturated heterocycles. The first-order valence-corrected chi connectivity index (χ1v) is 8.69. The molecule has 0 unspecified atom stereocenters. The smallest absolute Gasteiger partial charge is 0.242 e. The minimum atomic E-state index is -0.492. The molecule has 0 aliphatic rings. The summed E-state index contributed by atoms with van der Waals surface area (Å²) in [5.74, 6) is 6.39. The summed E-state index contributed by atoms with van der Waals surface area (Å²) in [6.45, 7) is 3.77. The van der Waals surface area contributed by atoms with E-state index in [-0.39, 0.29) is 5.91 Å². The second-order valence-corrected chi connectivity index (χ2v) is 6.74. The maximum Gasteiger partial charge on any atom is 0.242 e. The molecule has 0 aliphatic heterocycles. The number of nitrogens with two attached hydrogens (primary N) is 1. The number of thioether (sulfide) groups is 1. The molecule has 1 aromatic heterocycles. The maximum atomic E-state index is 12.9. The molecule has 2 aromatic carbocycles. The van der Waals surface area contributed by atoms with Crippen LogP contribution in [0.15, 0.2) is 59.8 Å². The van der Waals surface area contributed by atoms with Crippen LogP contribution < -0.4 is 11.2 Å². The number of carbonyl (C=O) groups is 1. The van der Waals surface area contributed by atoms with E-state index in [1.165, 1.54) is 16.4 Å². The van der Waals surface area contributed by atoms with Gasteiger partial charge in [0.15, 0.2) is 0 Å². The fraction of sp³-hybridized carbons (Fsp3) is 0.167. The fourth-order valence-corrected chi connectivity index (χ4v) is 3.28. The quantitative estimate of drug-likeness (QED) is 0.544. The molecule has 0 radical (unpaired) electrons. The Hall–Kier alpha value is -2.80. The molecule has 3 aromatic rings. The zero-order chi connectivity index (χ0) is 17.8. The highest BCUT2D eigenvalue weighted by atomic mass is 32.2. The molecule has 1 heterocycles. The average molecular weight is 353 g/mol. The predicted molar refractivity (Wildman–Crippen MR) is 99.8 cm³/mol. The molecule has 0 saturated carbocycles. The number of aromatic nitrogens is 3. The lowest BCUT2D eigenvalue weighted by atomic mass is 10.1. The fourth-order valence-electron chi connectivity index (χ4n) is 2.28. The molecular weight excluding hydrogens is 334 g/mol. The van der Waals surface area contributed by atoms with Crippen molar-refractivity contribution in [2.24, 2.45) is 0 Å². The first kappa shape index (κ1) is 17.0. The highest BCUT2D eigenvalue weighted by Gasteiger charge is 2.25. The lowest BCUT2D eigenvalue weighted by Crippen LogP contribution is -2.20. The average Bonchev–Trinajstić information content (AvgIpc) is 2.94. The Morgan fingerprint density at radius 1 is 1.08 bits per heavy atom. The maximum absolute atomic E-state index is 12.9. The number of hydrogen-bond acceptors (Lipinski definition) is 5. The summed E-state index contributed by atoms with van der Waals surface area (Å²) in [6, 6.07) is 17.2. The molecule has 0 fully saturated rings. The van der Waals surface area contributed by atoms with Crippen LogP contribution in [0.4, 0.5) is 5.69 Å². The standard InChI is InChI=1S/C18H19N5OS/c1-12-8-10-15(11-9-12)20-17(24)16(14-6-4-3-5-7-14)25-18-22-21-13(2)23(18)19/h3-11,16H,19H2,1-2H3,(H,20,24)/t16-/m0/s1. The number of benzene rings is 2. The number of aryl methyl sites for hydroxylation is 2. The summed E-state index contributed by atoms with van der Waals surface area (Å²) in [6.07, 6.45) is 0. The van der Waals surface area contributed by atoms with Gasteiger partial charge in [-0.05, 0) is 31.5 Å². The van der Waals surface area contributed by atoms with Crippen molar-refractivity contribution in [3.05, 3.63) is 71.5 Å². The van der Waals surface area contributed by atoms with Gasteiger partial charge >= 0.3 is 0 Å². The molecule has 1 atom stereocenters. The monoisotopic (exact) mass is 353 g/mol. The van der Waals surface area contributed by atoms with Crippen LogP contribution in [0.1, 0.15) is 22.2 Å². The molecule has 25 heavy (non-hydrogen) atoms. The summed E-state index contributed by atoms with van der Waals surface area (Å²) in [7, 11) is 0. The Morgan fingerprint density at radius 2 is 1.76 bits per heavy atom. The molecule has 128 valence electrons. The summed E-state index contributed by atoms with van der Waals surface area (Å²) in [5, 5.41) is 11.0. The van der Waals surface area contributed by atoms with E-state index < -0.39 is 5.25 Å². The molecule has 1 amide bonds. The van der Waals surface area contributed by atoms with Crippen molar-refractivity contribution in [1.82, 2.24) is 14.9 Å². The Labute approximate surface area is 150 Å².